The fraction of sp³-hybridized carbons (Fsp3) is 0.176. The van der Waals surface area contributed by atoms with E-state index in [2.05, 4.69) is 10.4 Å². The molecule has 9 nitrogen and oxygen atoms in total. The van der Waals surface area contributed by atoms with Crippen LogP contribution in [0.5, 0.6) is 5.75 Å². The molecule has 0 fully saturated rings. The van der Waals surface area contributed by atoms with Gasteiger partial charge in [0, 0.05) is 18.8 Å². The largest absolute Gasteiger partial charge is 0.497 e. The van der Waals surface area contributed by atoms with E-state index in [0.29, 0.717) is 21.7 Å². The van der Waals surface area contributed by atoms with Gasteiger partial charge in [0.15, 0.2) is 0 Å². The lowest BCUT2D eigenvalue weighted by Gasteiger charge is -2.06. The van der Waals surface area contributed by atoms with Crippen LogP contribution < -0.4 is 21.3 Å². The van der Waals surface area contributed by atoms with E-state index >= 15 is 0 Å². The fourth-order valence-corrected chi connectivity index (χ4v) is 3.70. The lowest BCUT2D eigenvalue weighted by Crippen LogP contribution is -2.28. The number of methoxy groups -OCH3 is 1. The van der Waals surface area contributed by atoms with Gasteiger partial charge in [-0.1, -0.05) is 6.07 Å². The van der Waals surface area contributed by atoms with Gasteiger partial charge in [-0.05, 0) is 23.6 Å². The Labute approximate surface area is 156 Å². The van der Waals surface area contributed by atoms with E-state index in [0.717, 1.165) is 4.68 Å². The van der Waals surface area contributed by atoms with Gasteiger partial charge in [-0.25, -0.2) is 13.9 Å². The minimum atomic E-state index is -0.482. The average molecular weight is 385 g/mol. The van der Waals surface area contributed by atoms with Gasteiger partial charge in [0.25, 0.3) is 5.56 Å². The minimum absolute atomic E-state index is 0.185. The zero-order valence-electron chi connectivity index (χ0n) is 14.5. The summed E-state index contributed by atoms with van der Waals surface area (Å²) in [7, 11) is 3.08. The zero-order valence-corrected chi connectivity index (χ0v) is 15.3. The molecule has 0 unspecified atom stereocenters. The number of hydrogen-bond acceptors (Lipinski definition) is 6. The highest BCUT2D eigenvalue weighted by molar-refractivity contribution is 7.17. The van der Waals surface area contributed by atoms with Crippen LogP contribution in [0.1, 0.15) is 0 Å². The first-order valence-corrected chi connectivity index (χ1v) is 8.87. The Morgan fingerprint density at radius 1 is 1.30 bits per heavy atom. The molecule has 138 valence electrons. The molecule has 0 saturated carbocycles. The predicted molar refractivity (Wildman–Crippen MR) is 102 cm³/mol. The molecule has 0 saturated heterocycles. The van der Waals surface area contributed by atoms with Gasteiger partial charge in [-0.2, -0.15) is 0 Å². The zero-order chi connectivity index (χ0) is 19.1. The van der Waals surface area contributed by atoms with Crippen LogP contribution in [0, 0.1) is 0 Å². The number of thiophene rings is 1. The maximum atomic E-state index is 12.7. The van der Waals surface area contributed by atoms with Crippen LogP contribution in [-0.4, -0.2) is 31.8 Å². The summed E-state index contributed by atoms with van der Waals surface area (Å²) >= 11 is 1.26. The van der Waals surface area contributed by atoms with Gasteiger partial charge in [0.05, 0.1) is 12.6 Å². The van der Waals surface area contributed by atoms with Crippen molar-refractivity contribution >= 4 is 38.9 Å². The first-order chi connectivity index (χ1) is 13.0. The first-order valence-electron chi connectivity index (χ1n) is 7.99. The number of aromatic nitrogens is 4. The number of nitrogens with one attached hydrogen (secondary N) is 1. The van der Waals surface area contributed by atoms with Crippen molar-refractivity contribution in [3.8, 4) is 5.75 Å². The number of nitrogens with zero attached hydrogens (tertiary/aromatic N) is 4. The summed E-state index contributed by atoms with van der Waals surface area (Å²) < 4.78 is 9.27. The number of fused-ring (bicyclic) bond motifs is 3. The van der Waals surface area contributed by atoms with E-state index in [-0.39, 0.29) is 17.9 Å². The van der Waals surface area contributed by atoms with Gasteiger partial charge in [-0.3, -0.25) is 14.2 Å². The van der Waals surface area contributed by atoms with Gasteiger partial charge >= 0.3 is 5.69 Å². The smallest absolute Gasteiger partial charge is 0.352 e. The quantitative estimate of drug-likeness (QED) is 0.566. The maximum Gasteiger partial charge on any atom is 0.352 e. The van der Waals surface area contributed by atoms with E-state index in [9.17, 15) is 14.4 Å². The van der Waals surface area contributed by atoms with Crippen molar-refractivity contribution in [3.05, 3.63) is 56.5 Å². The lowest BCUT2D eigenvalue weighted by atomic mass is 10.3. The summed E-state index contributed by atoms with van der Waals surface area (Å²) in [6, 6.07) is 8.58. The van der Waals surface area contributed by atoms with Gasteiger partial charge in [-0.15, -0.1) is 16.4 Å². The van der Waals surface area contributed by atoms with Crippen molar-refractivity contribution in [1.29, 1.82) is 0 Å². The van der Waals surface area contributed by atoms with Crippen LogP contribution in [0.3, 0.4) is 0 Å². The van der Waals surface area contributed by atoms with Crippen LogP contribution in [0.2, 0.25) is 0 Å². The Morgan fingerprint density at radius 3 is 2.89 bits per heavy atom. The normalized spacial score (nSPS) is 11.2. The fourth-order valence-electron chi connectivity index (χ4n) is 2.85. The molecular formula is C17H15N5O4S. The Balaban J connectivity index is 1.71. The van der Waals surface area contributed by atoms with Crippen LogP contribution >= 0.6 is 11.3 Å². The average Bonchev–Trinajstić information content (AvgIpc) is 3.25. The van der Waals surface area contributed by atoms with Crippen molar-refractivity contribution < 1.29 is 9.53 Å². The van der Waals surface area contributed by atoms with Gasteiger partial charge in [0.2, 0.25) is 11.7 Å². The molecule has 1 N–H and O–H groups in total. The topological polar surface area (TPSA) is 99.6 Å². The molecule has 0 aliphatic carbocycles. The van der Waals surface area contributed by atoms with Crippen LogP contribution in [0.4, 0.5) is 5.69 Å². The lowest BCUT2D eigenvalue weighted by molar-refractivity contribution is -0.117. The molecule has 4 aromatic rings. The van der Waals surface area contributed by atoms with Crippen LogP contribution in [0.15, 0.2) is 45.3 Å². The first kappa shape index (κ1) is 17.0. The van der Waals surface area contributed by atoms with E-state index in [1.54, 1.807) is 42.8 Å². The summed E-state index contributed by atoms with van der Waals surface area (Å²) in [6.45, 7) is -0.280. The number of carbonyl (C=O) groups is 1. The van der Waals surface area contributed by atoms with E-state index in [1.807, 2.05) is 0 Å². The molecule has 3 heterocycles. The number of hydrogen-bond donors (Lipinski definition) is 1. The Hall–Kier alpha value is -3.40. The highest BCUT2D eigenvalue weighted by Gasteiger charge is 2.17. The summed E-state index contributed by atoms with van der Waals surface area (Å²) in [5.41, 5.74) is 0.321. The number of ether oxygens (including phenoxy) is 1. The molecule has 3 aromatic heterocycles. The van der Waals surface area contributed by atoms with Crippen molar-refractivity contribution in [1.82, 2.24) is 18.7 Å². The Morgan fingerprint density at radius 2 is 2.11 bits per heavy atom. The van der Waals surface area contributed by atoms with Crippen molar-refractivity contribution in [2.75, 3.05) is 12.4 Å². The molecule has 0 aliphatic heterocycles. The summed E-state index contributed by atoms with van der Waals surface area (Å²) in [5.74, 6) is 0.373. The van der Waals surface area contributed by atoms with E-state index in [4.69, 9.17) is 4.74 Å². The third-order valence-electron chi connectivity index (χ3n) is 4.15. The number of amides is 1. The number of anilines is 1. The van der Waals surface area contributed by atoms with Gasteiger partial charge < -0.3 is 10.1 Å². The van der Waals surface area contributed by atoms with Crippen molar-refractivity contribution in [3.63, 3.8) is 0 Å². The van der Waals surface area contributed by atoms with Crippen LogP contribution in [0.25, 0.3) is 16.0 Å². The Bertz CT molecular complexity index is 1300. The Kier molecular flexibility index (Phi) is 4.04. The third kappa shape index (κ3) is 2.79. The van der Waals surface area contributed by atoms with E-state index in [1.165, 1.54) is 27.4 Å². The predicted octanol–water partition coefficient (Wildman–Crippen LogP) is 1.06. The van der Waals surface area contributed by atoms with Crippen LogP contribution in [-0.2, 0) is 18.4 Å². The second-order valence-electron chi connectivity index (χ2n) is 5.85. The molecule has 1 amide bonds. The standard InChI is InChI=1S/C17H15N5O4S/c1-20-15(24)14-12(6-7-27-14)22-16(20)19-21(17(22)25)9-13(23)18-10-4-3-5-11(8-10)26-2/h3-8H,9H2,1-2H3,(H,18,23). The summed E-state index contributed by atoms with van der Waals surface area (Å²) in [4.78, 5) is 37.5. The summed E-state index contributed by atoms with van der Waals surface area (Å²) in [6.07, 6.45) is 0. The minimum Gasteiger partial charge on any atom is -0.497 e. The summed E-state index contributed by atoms with van der Waals surface area (Å²) in [5, 5.41) is 8.61. The number of benzene rings is 1. The van der Waals surface area contributed by atoms with E-state index < -0.39 is 11.6 Å². The number of carbonyl (C=O) groups excluding carboxylic acids is 1. The highest BCUT2D eigenvalue weighted by Crippen LogP contribution is 2.17. The maximum absolute atomic E-state index is 12.7. The molecule has 10 heteroatoms. The van der Waals surface area contributed by atoms with Gasteiger partial charge in [0.1, 0.15) is 17.0 Å². The molecule has 0 aliphatic rings. The molecule has 1 aromatic carbocycles. The SMILES string of the molecule is COc1cccc(NC(=O)Cn2nc3n(C)c(=O)c4sccc4n3c2=O)c1. The molecule has 27 heavy (non-hydrogen) atoms. The second-order valence-corrected chi connectivity index (χ2v) is 6.77. The molecule has 0 bridgehead atoms. The molecular weight excluding hydrogens is 370 g/mol. The molecule has 0 radical (unpaired) electrons. The molecule has 0 atom stereocenters. The molecule has 0 spiro atoms. The molecule has 4 rings (SSSR count). The number of rotatable bonds is 4. The highest BCUT2D eigenvalue weighted by atomic mass is 32.1. The second kappa shape index (κ2) is 6.40. The third-order valence-corrected chi connectivity index (χ3v) is 5.04. The monoisotopic (exact) mass is 385 g/mol. The van der Waals surface area contributed by atoms with Crippen molar-refractivity contribution in [2.45, 2.75) is 6.54 Å². The van der Waals surface area contributed by atoms with Crippen molar-refractivity contribution in [2.24, 2.45) is 7.05 Å². The number of aryl methyl sites for hydroxylation is 1.